The van der Waals surface area contributed by atoms with Crippen molar-refractivity contribution in [2.24, 2.45) is 0 Å². The minimum Gasteiger partial charge on any atom is -0.310 e. The smallest absolute Gasteiger partial charge is 0.0543 e. The van der Waals surface area contributed by atoms with Crippen molar-refractivity contribution < 1.29 is 0 Å². The molecule has 0 bridgehead atoms. The Hall–Kier alpha value is -5.86. The van der Waals surface area contributed by atoms with E-state index < -0.39 is 0 Å². The van der Waals surface area contributed by atoms with Gasteiger partial charge in [0.2, 0.25) is 0 Å². The topological polar surface area (TPSA) is 6.48 Å². The minimum atomic E-state index is -0.0933. The van der Waals surface area contributed by atoms with Gasteiger partial charge < -0.3 is 9.80 Å². The maximum atomic E-state index is 2.46. The van der Waals surface area contributed by atoms with E-state index in [0.717, 1.165) is 22.7 Å². The van der Waals surface area contributed by atoms with Gasteiger partial charge in [0.1, 0.15) is 0 Å². The van der Waals surface area contributed by atoms with Crippen LogP contribution < -0.4 is 9.80 Å². The summed E-state index contributed by atoms with van der Waals surface area (Å²) in [4.78, 5) is 4.93. The molecule has 0 aromatic heterocycles. The Labute approximate surface area is 302 Å². The highest BCUT2D eigenvalue weighted by molar-refractivity contribution is 5.98. The maximum Gasteiger partial charge on any atom is 0.0543 e. The van der Waals surface area contributed by atoms with Crippen LogP contribution in [0, 0.1) is 6.92 Å². The second-order valence-corrected chi connectivity index (χ2v) is 15.1. The molecule has 51 heavy (non-hydrogen) atoms. The molecule has 0 atom stereocenters. The van der Waals surface area contributed by atoms with Crippen molar-refractivity contribution in [3.63, 3.8) is 0 Å². The molecule has 2 nitrogen and oxygen atoms in total. The molecule has 2 aliphatic rings. The zero-order valence-corrected chi connectivity index (χ0v) is 30.0. The van der Waals surface area contributed by atoms with Gasteiger partial charge in [0, 0.05) is 44.7 Å². The first-order valence-corrected chi connectivity index (χ1v) is 18.0. The number of nitrogens with zero attached hydrogens (tertiary/aromatic N) is 2. The van der Waals surface area contributed by atoms with Crippen molar-refractivity contribution in [2.45, 2.75) is 45.4 Å². The molecule has 7 aromatic rings. The predicted molar refractivity (Wildman–Crippen MR) is 216 cm³/mol. The molecular formula is C49H42N2. The Balaban J connectivity index is 1.30. The van der Waals surface area contributed by atoms with Crippen LogP contribution in [0.5, 0.6) is 0 Å². The molecule has 0 heterocycles. The summed E-state index contributed by atoms with van der Waals surface area (Å²) in [6, 6.07) is 60.3. The fraction of sp³-hybridized carbons (Fsp3) is 0.143. The van der Waals surface area contributed by atoms with E-state index in [1.165, 1.54) is 61.4 Å². The van der Waals surface area contributed by atoms with Crippen LogP contribution in [-0.4, -0.2) is 0 Å². The van der Waals surface area contributed by atoms with Crippen LogP contribution in [-0.2, 0) is 10.8 Å². The van der Waals surface area contributed by atoms with Crippen LogP contribution >= 0.6 is 0 Å². The monoisotopic (exact) mass is 658 g/mol. The van der Waals surface area contributed by atoms with Crippen molar-refractivity contribution in [3.05, 3.63) is 192 Å². The SMILES string of the molecule is Cc1cc(N(c2ccccc2)c2cccc3c2-c2ccccc2C3(C)C)cc(N(c2ccccc2)c2cccc3c2-c2ccccc2C3(C)C)c1. The number of para-hydroxylation sites is 2. The average molecular weight is 659 g/mol. The fourth-order valence-electron chi connectivity index (χ4n) is 8.85. The van der Waals surface area contributed by atoms with E-state index in [1.54, 1.807) is 0 Å². The standard InChI is InChI=1S/C49H42N2/c1-33-30-36(50(34-18-8-6-9-19-34)44-28-16-26-42-46(44)38-22-12-14-24-40(38)48(42,2)3)32-37(31-33)51(35-20-10-7-11-21-35)45-29-17-27-43-47(45)39-23-13-15-25-41(39)49(43,4)5/h6-32H,1-5H3. The van der Waals surface area contributed by atoms with Crippen molar-refractivity contribution in [1.82, 2.24) is 0 Å². The van der Waals surface area contributed by atoms with Gasteiger partial charge in [-0.3, -0.25) is 0 Å². The lowest BCUT2D eigenvalue weighted by Gasteiger charge is -2.32. The zero-order valence-electron chi connectivity index (χ0n) is 30.0. The fourth-order valence-corrected chi connectivity index (χ4v) is 8.85. The zero-order chi connectivity index (χ0) is 34.9. The normalized spacial score (nSPS) is 14.3. The first-order chi connectivity index (χ1) is 24.7. The quantitative estimate of drug-likeness (QED) is 0.175. The van der Waals surface area contributed by atoms with Gasteiger partial charge in [-0.1, -0.05) is 137 Å². The summed E-state index contributed by atoms with van der Waals surface area (Å²) in [5, 5.41) is 0. The van der Waals surface area contributed by atoms with Crippen molar-refractivity contribution in [3.8, 4) is 22.3 Å². The second kappa shape index (κ2) is 11.6. The number of hydrogen-bond donors (Lipinski definition) is 0. The summed E-state index contributed by atoms with van der Waals surface area (Å²) < 4.78 is 0. The van der Waals surface area contributed by atoms with E-state index in [2.05, 4.69) is 208 Å². The number of hydrogen-bond acceptors (Lipinski definition) is 2. The molecule has 0 radical (unpaired) electrons. The number of fused-ring (bicyclic) bond motifs is 6. The van der Waals surface area contributed by atoms with Gasteiger partial charge in [-0.15, -0.1) is 0 Å². The molecule has 0 spiro atoms. The second-order valence-electron chi connectivity index (χ2n) is 15.1. The van der Waals surface area contributed by atoms with Crippen LogP contribution in [0.1, 0.15) is 55.5 Å². The first kappa shape index (κ1) is 31.1. The number of aryl methyl sites for hydroxylation is 1. The lowest BCUT2D eigenvalue weighted by Crippen LogP contribution is -2.17. The van der Waals surface area contributed by atoms with Gasteiger partial charge in [0.05, 0.1) is 11.4 Å². The van der Waals surface area contributed by atoms with Crippen LogP contribution in [0.2, 0.25) is 0 Å². The molecule has 0 aliphatic heterocycles. The van der Waals surface area contributed by atoms with Crippen molar-refractivity contribution in [2.75, 3.05) is 9.80 Å². The molecule has 0 saturated carbocycles. The Bertz CT molecular complexity index is 2270. The first-order valence-electron chi connectivity index (χ1n) is 18.0. The highest BCUT2D eigenvalue weighted by Crippen LogP contribution is 2.56. The molecule has 0 fully saturated rings. The minimum absolute atomic E-state index is 0.0933. The molecule has 0 amide bonds. The van der Waals surface area contributed by atoms with Gasteiger partial charge in [-0.2, -0.15) is 0 Å². The lowest BCUT2D eigenvalue weighted by molar-refractivity contribution is 0.660. The Morgan fingerprint density at radius 1 is 0.353 bits per heavy atom. The van der Waals surface area contributed by atoms with E-state index in [0.29, 0.717) is 0 Å². The molecular weight excluding hydrogens is 617 g/mol. The van der Waals surface area contributed by atoms with E-state index >= 15 is 0 Å². The number of anilines is 6. The van der Waals surface area contributed by atoms with Gasteiger partial charge in [0.15, 0.2) is 0 Å². The maximum absolute atomic E-state index is 2.46. The van der Waals surface area contributed by atoms with E-state index in [1.807, 2.05) is 0 Å². The molecule has 0 unspecified atom stereocenters. The summed E-state index contributed by atoms with van der Waals surface area (Å²) in [7, 11) is 0. The lowest BCUT2D eigenvalue weighted by atomic mass is 9.82. The van der Waals surface area contributed by atoms with E-state index in [9.17, 15) is 0 Å². The number of benzene rings is 7. The molecule has 0 saturated heterocycles. The molecule has 0 N–H and O–H groups in total. The average Bonchev–Trinajstić information content (AvgIpc) is 3.53. The Morgan fingerprint density at radius 2 is 0.725 bits per heavy atom. The van der Waals surface area contributed by atoms with Crippen LogP contribution in [0.25, 0.3) is 22.3 Å². The summed E-state index contributed by atoms with van der Waals surface area (Å²) in [6.45, 7) is 11.6. The van der Waals surface area contributed by atoms with Gasteiger partial charge in [-0.05, 0) is 100 Å². The van der Waals surface area contributed by atoms with Crippen LogP contribution in [0.3, 0.4) is 0 Å². The largest absolute Gasteiger partial charge is 0.310 e. The van der Waals surface area contributed by atoms with E-state index in [4.69, 9.17) is 0 Å². The molecule has 248 valence electrons. The predicted octanol–water partition coefficient (Wildman–Crippen LogP) is 13.5. The van der Waals surface area contributed by atoms with Gasteiger partial charge in [0.25, 0.3) is 0 Å². The van der Waals surface area contributed by atoms with Crippen molar-refractivity contribution in [1.29, 1.82) is 0 Å². The van der Waals surface area contributed by atoms with Crippen LogP contribution in [0.15, 0.2) is 164 Å². The summed E-state index contributed by atoms with van der Waals surface area (Å²) in [5.41, 5.74) is 18.6. The molecule has 7 aromatic carbocycles. The molecule has 9 rings (SSSR count). The summed E-state index contributed by atoms with van der Waals surface area (Å²) in [6.07, 6.45) is 0. The van der Waals surface area contributed by atoms with Crippen LogP contribution in [0.4, 0.5) is 34.1 Å². The van der Waals surface area contributed by atoms with Gasteiger partial charge >= 0.3 is 0 Å². The molecule has 2 aliphatic carbocycles. The Kier molecular flexibility index (Phi) is 7.09. The highest BCUT2D eigenvalue weighted by Gasteiger charge is 2.39. The third kappa shape index (κ3) is 4.77. The van der Waals surface area contributed by atoms with E-state index in [-0.39, 0.29) is 10.8 Å². The van der Waals surface area contributed by atoms with Crippen molar-refractivity contribution >= 4 is 34.1 Å². The highest BCUT2D eigenvalue weighted by atomic mass is 15.2. The summed E-state index contributed by atoms with van der Waals surface area (Å²) in [5.74, 6) is 0. The molecule has 2 heteroatoms. The third-order valence-electron chi connectivity index (χ3n) is 11.2. The van der Waals surface area contributed by atoms with Gasteiger partial charge in [-0.25, -0.2) is 0 Å². The third-order valence-corrected chi connectivity index (χ3v) is 11.2. The Morgan fingerprint density at radius 3 is 1.16 bits per heavy atom. The summed E-state index contributed by atoms with van der Waals surface area (Å²) >= 11 is 0. The number of rotatable bonds is 6.